The molecule has 162 valence electrons. The van der Waals surface area contributed by atoms with Crippen LogP contribution in [0.1, 0.15) is 12.8 Å². The fourth-order valence-electron chi connectivity index (χ4n) is 3.87. The van der Waals surface area contributed by atoms with Gasteiger partial charge in [0.05, 0.1) is 4.90 Å². The lowest BCUT2D eigenvalue weighted by atomic mass is 10.0. The highest BCUT2D eigenvalue weighted by Crippen LogP contribution is 2.19. The van der Waals surface area contributed by atoms with Crippen LogP contribution in [0.4, 0.5) is 0 Å². The van der Waals surface area contributed by atoms with Gasteiger partial charge in [-0.05, 0) is 45.1 Å². The standard InChI is InChI=1S/C21H29N5O3S/c1-23-10-8-19(9-11-23)24(2)21(27)18(16-22)17-25-12-14-26(15-13-25)30(28,29)20-6-4-3-5-7-20/h3-7,17,19H,8-15H2,1-2H3/b18-17-. The number of hydrogen-bond acceptors (Lipinski definition) is 6. The van der Waals surface area contributed by atoms with E-state index in [1.54, 1.807) is 48.5 Å². The van der Waals surface area contributed by atoms with Crippen LogP contribution in [0.5, 0.6) is 0 Å². The first-order chi connectivity index (χ1) is 14.3. The Labute approximate surface area is 179 Å². The van der Waals surface area contributed by atoms with Crippen LogP contribution in [0.25, 0.3) is 0 Å². The number of hydrogen-bond donors (Lipinski definition) is 0. The van der Waals surface area contributed by atoms with E-state index in [0.29, 0.717) is 26.2 Å². The molecule has 0 atom stereocenters. The second kappa shape index (κ2) is 9.60. The van der Waals surface area contributed by atoms with E-state index < -0.39 is 10.0 Å². The quantitative estimate of drug-likeness (QED) is 0.510. The molecule has 2 heterocycles. The first-order valence-electron chi connectivity index (χ1n) is 10.2. The molecule has 9 heteroatoms. The van der Waals surface area contributed by atoms with Crippen LogP contribution in [0.15, 0.2) is 47.0 Å². The minimum absolute atomic E-state index is 0.0933. The first-order valence-corrected chi connectivity index (χ1v) is 11.6. The van der Waals surface area contributed by atoms with Gasteiger partial charge in [-0.2, -0.15) is 9.57 Å². The summed E-state index contributed by atoms with van der Waals surface area (Å²) in [4.78, 5) is 18.9. The summed E-state index contributed by atoms with van der Waals surface area (Å²) < 4.78 is 26.9. The number of likely N-dealkylation sites (N-methyl/N-ethyl adjacent to an activating group) is 1. The fourth-order valence-corrected chi connectivity index (χ4v) is 5.31. The van der Waals surface area contributed by atoms with Gasteiger partial charge in [-0.25, -0.2) is 8.42 Å². The molecule has 0 saturated carbocycles. The van der Waals surface area contributed by atoms with Gasteiger partial charge in [-0.3, -0.25) is 4.79 Å². The predicted octanol–water partition coefficient (Wildman–Crippen LogP) is 0.953. The van der Waals surface area contributed by atoms with Crippen LogP contribution in [-0.2, 0) is 14.8 Å². The van der Waals surface area contributed by atoms with Crippen molar-refractivity contribution in [1.82, 2.24) is 19.0 Å². The number of piperidine rings is 1. The molecule has 1 aromatic carbocycles. The molecule has 0 unspecified atom stereocenters. The van der Waals surface area contributed by atoms with Gasteiger partial charge >= 0.3 is 0 Å². The molecule has 0 bridgehead atoms. The average molecular weight is 432 g/mol. The summed E-state index contributed by atoms with van der Waals surface area (Å²) in [5, 5.41) is 9.54. The molecule has 30 heavy (non-hydrogen) atoms. The molecule has 2 fully saturated rings. The predicted molar refractivity (Wildman–Crippen MR) is 114 cm³/mol. The third-order valence-electron chi connectivity index (χ3n) is 5.87. The summed E-state index contributed by atoms with van der Waals surface area (Å²) in [5.74, 6) is -0.272. The van der Waals surface area contributed by atoms with Crippen LogP contribution < -0.4 is 0 Å². The van der Waals surface area contributed by atoms with Gasteiger partial charge in [0.2, 0.25) is 10.0 Å². The van der Waals surface area contributed by atoms with Gasteiger partial charge in [0.1, 0.15) is 11.6 Å². The molecular weight excluding hydrogens is 402 g/mol. The molecule has 0 radical (unpaired) electrons. The number of amides is 1. The van der Waals surface area contributed by atoms with Crippen LogP contribution in [0.2, 0.25) is 0 Å². The summed E-state index contributed by atoms with van der Waals surface area (Å²) in [5.41, 5.74) is 0.0933. The van der Waals surface area contributed by atoms with E-state index in [1.165, 1.54) is 4.31 Å². The van der Waals surface area contributed by atoms with E-state index in [-0.39, 0.29) is 22.4 Å². The number of carbonyl (C=O) groups excluding carboxylic acids is 1. The van der Waals surface area contributed by atoms with Crippen molar-refractivity contribution in [1.29, 1.82) is 5.26 Å². The molecule has 8 nitrogen and oxygen atoms in total. The zero-order valence-corrected chi connectivity index (χ0v) is 18.4. The number of benzene rings is 1. The van der Waals surface area contributed by atoms with Crippen molar-refractivity contribution < 1.29 is 13.2 Å². The molecule has 0 spiro atoms. The van der Waals surface area contributed by atoms with Gasteiger partial charge in [0.25, 0.3) is 5.91 Å². The molecule has 1 aromatic rings. The zero-order chi connectivity index (χ0) is 21.7. The zero-order valence-electron chi connectivity index (χ0n) is 17.6. The number of nitriles is 1. The number of nitrogens with zero attached hydrogens (tertiary/aromatic N) is 5. The van der Waals surface area contributed by atoms with Gasteiger partial charge in [0, 0.05) is 45.5 Å². The number of piperazine rings is 1. The van der Waals surface area contributed by atoms with Crippen LogP contribution in [0.3, 0.4) is 0 Å². The van der Waals surface area contributed by atoms with E-state index in [0.717, 1.165) is 25.9 Å². The van der Waals surface area contributed by atoms with Crippen molar-refractivity contribution in [2.75, 3.05) is 53.4 Å². The van der Waals surface area contributed by atoms with Crippen molar-refractivity contribution >= 4 is 15.9 Å². The highest BCUT2D eigenvalue weighted by Gasteiger charge is 2.29. The summed E-state index contributed by atoms with van der Waals surface area (Å²) in [6.45, 7) is 3.36. The molecule has 2 saturated heterocycles. The Bertz CT molecular complexity index is 910. The average Bonchev–Trinajstić information content (AvgIpc) is 2.78. The van der Waals surface area contributed by atoms with E-state index in [4.69, 9.17) is 0 Å². The van der Waals surface area contributed by atoms with E-state index in [9.17, 15) is 18.5 Å². The number of rotatable bonds is 5. The van der Waals surface area contributed by atoms with Gasteiger partial charge in [-0.1, -0.05) is 18.2 Å². The number of carbonyl (C=O) groups is 1. The normalized spacial score (nSPS) is 20.0. The molecule has 0 aromatic heterocycles. The summed E-state index contributed by atoms with van der Waals surface area (Å²) in [6, 6.07) is 10.5. The van der Waals surface area contributed by atoms with E-state index in [2.05, 4.69) is 11.9 Å². The molecule has 0 aliphatic carbocycles. The van der Waals surface area contributed by atoms with Crippen molar-refractivity contribution in [3.8, 4) is 6.07 Å². The minimum Gasteiger partial charge on any atom is -0.373 e. The largest absolute Gasteiger partial charge is 0.373 e. The van der Waals surface area contributed by atoms with Crippen LogP contribution >= 0.6 is 0 Å². The van der Waals surface area contributed by atoms with Crippen LogP contribution in [-0.4, -0.2) is 92.7 Å². The van der Waals surface area contributed by atoms with Crippen molar-refractivity contribution in [2.24, 2.45) is 0 Å². The highest BCUT2D eigenvalue weighted by atomic mass is 32.2. The maximum atomic E-state index is 12.8. The Balaban J connectivity index is 1.61. The number of likely N-dealkylation sites (tertiary alicyclic amines) is 1. The topological polar surface area (TPSA) is 88.0 Å². The van der Waals surface area contributed by atoms with Crippen molar-refractivity contribution in [3.05, 3.63) is 42.1 Å². The molecular formula is C21H29N5O3S. The fraction of sp³-hybridized carbons (Fsp3) is 0.524. The molecule has 0 N–H and O–H groups in total. The molecule has 2 aliphatic heterocycles. The van der Waals surface area contributed by atoms with Crippen LogP contribution in [0, 0.1) is 11.3 Å². The first kappa shape index (κ1) is 22.3. The maximum absolute atomic E-state index is 12.8. The van der Waals surface area contributed by atoms with Crippen molar-refractivity contribution in [2.45, 2.75) is 23.8 Å². The second-order valence-corrected chi connectivity index (χ2v) is 9.80. The Morgan fingerprint density at radius 3 is 2.27 bits per heavy atom. The van der Waals surface area contributed by atoms with E-state index >= 15 is 0 Å². The van der Waals surface area contributed by atoms with Gasteiger partial charge in [-0.15, -0.1) is 0 Å². The Kier molecular flexibility index (Phi) is 7.13. The third-order valence-corrected chi connectivity index (χ3v) is 7.79. The third kappa shape index (κ3) is 5.01. The lowest BCUT2D eigenvalue weighted by Crippen LogP contribution is -2.47. The van der Waals surface area contributed by atoms with Gasteiger partial charge in [0.15, 0.2) is 0 Å². The smallest absolute Gasteiger partial charge is 0.265 e. The summed E-state index contributed by atoms with van der Waals surface area (Å²) in [6.07, 6.45) is 3.38. The minimum atomic E-state index is -3.53. The maximum Gasteiger partial charge on any atom is 0.265 e. The van der Waals surface area contributed by atoms with Crippen molar-refractivity contribution in [3.63, 3.8) is 0 Å². The Morgan fingerprint density at radius 1 is 1.10 bits per heavy atom. The number of sulfonamides is 1. The Hall–Kier alpha value is -2.41. The van der Waals surface area contributed by atoms with E-state index in [1.807, 2.05) is 11.0 Å². The molecule has 3 rings (SSSR count). The summed E-state index contributed by atoms with van der Waals surface area (Å²) >= 11 is 0. The lowest BCUT2D eigenvalue weighted by Gasteiger charge is -2.35. The second-order valence-electron chi connectivity index (χ2n) is 7.86. The highest BCUT2D eigenvalue weighted by molar-refractivity contribution is 7.89. The lowest BCUT2D eigenvalue weighted by molar-refractivity contribution is -0.128. The molecule has 2 aliphatic rings. The summed E-state index contributed by atoms with van der Waals surface area (Å²) in [7, 11) is 0.297. The monoisotopic (exact) mass is 431 g/mol. The SMILES string of the molecule is CN1CCC(N(C)C(=O)/C(C#N)=C\N2CCN(S(=O)(=O)c3ccccc3)CC2)CC1. The Morgan fingerprint density at radius 2 is 1.70 bits per heavy atom. The molecule has 1 amide bonds. The van der Waals surface area contributed by atoms with Gasteiger partial charge < -0.3 is 14.7 Å².